The molecule has 1 aromatic rings. The standard InChI is InChI=1S/C14H24N2O3S/c1-5-14(4,10-17)15-12-6-8-13(9-7-12)20(18,19)16-11(2)3/h6-9,11,15-17H,5,10H2,1-4H3. The maximum atomic E-state index is 12.0. The largest absolute Gasteiger partial charge is 0.394 e. The summed E-state index contributed by atoms with van der Waals surface area (Å²) < 4.78 is 26.5. The van der Waals surface area contributed by atoms with Crippen LogP contribution in [0.2, 0.25) is 0 Å². The number of rotatable bonds is 7. The van der Waals surface area contributed by atoms with Gasteiger partial charge >= 0.3 is 0 Å². The van der Waals surface area contributed by atoms with Crippen molar-refractivity contribution in [3.05, 3.63) is 24.3 Å². The van der Waals surface area contributed by atoms with E-state index in [1.807, 2.05) is 13.8 Å². The smallest absolute Gasteiger partial charge is 0.240 e. The van der Waals surface area contributed by atoms with E-state index in [1.165, 1.54) is 0 Å². The van der Waals surface area contributed by atoms with Crippen molar-refractivity contribution in [2.75, 3.05) is 11.9 Å². The van der Waals surface area contributed by atoms with Crippen molar-refractivity contribution in [3.8, 4) is 0 Å². The quantitative estimate of drug-likeness (QED) is 0.719. The van der Waals surface area contributed by atoms with Crippen molar-refractivity contribution in [2.24, 2.45) is 0 Å². The zero-order chi connectivity index (χ0) is 15.4. The molecular formula is C14H24N2O3S. The van der Waals surface area contributed by atoms with E-state index in [2.05, 4.69) is 10.0 Å². The van der Waals surface area contributed by atoms with E-state index in [-0.39, 0.29) is 17.5 Å². The first-order valence-electron chi connectivity index (χ1n) is 6.74. The van der Waals surface area contributed by atoms with E-state index in [4.69, 9.17) is 0 Å². The van der Waals surface area contributed by atoms with Gasteiger partial charge in [0.25, 0.3) is 0 Å². The van der Waals surface area contributed by atoms with Crippen molar-refractivity contribution in [1.29, 1.82) is 0 Å². The van der Waals surface area contributed by atoms with E-state index < -0.39 is 15.6 Å². The number of benzene rings is 1. The Bertz CT molecular complexity index is 520. The Morgan fingerprint density at radius 2 is 1.80 bits per heavy atom. The summed E-state index contributed by atoms with van der Waals surface area (Å²) in [6.45, 7) is 7.47. The van der Waals surface area contributed by atoms with E-state index in [0.717, 1.165) is 12.1 Å². The molecule has 1 atom stereocenters. The molecule has 0 aromatic heterocycles. The van der Waals surface area contributed by atoms with E-state index in [1.54, 1.807) is 38.1 Å². The van der Waals surface area contributed by atoms with Crippen LogP contribution in [0.1, 0.15) is 34.1 Å². The van der Waals surface area contributed by atoms with Gasteiger partial charge in [0.1, 0.15) is 0 Å². The highest BCUT2D eigenvalue weighted by atomic mass is 32.2. The summed E-state index contributed by atoms with van der Waals surface area (Å²) in [6, 6.07) is 6.38. The molecule has 20 heavy (non-hydrogen) atoms. The zero-order valence-electron chi connectivity index (χ0n) is 12.5. The van der Waals surface area contributed by atoms with Gasteiger partial charge in [0.2, 0.25) is 10.0 Å². The average Bonchev–Trinajstić information content (AvgIpc) is 2.38. The molecule has 0 aliphatic heterocycles. The molecule has 0 saturated carbocycles. The number of anilines is 1. The normalized spacial score (nSPS) is 15.1. The highest BCUT2D eigenvalue weighted by molar-refractivity contribution is 7.89. The molecule has 0 heterocycles. The van der Waals surface area contributed by atoms with Gasteiger partial charge in [0.05, 0.1) is 17.0 Å². The molecule has 0 aliphatic carbocycles. The molecule has 0 amide bonds. The topological polar surface area (TPSA) is 78.4 Å². The summed E-state index contributed by atoms with van der Waals surface area (Å²) in [6.07, 6.45) is 0.762. The summed E-state index contributed by atoms with van der Waals surface area (Å²) in [7, 11) is -3.46. The molecule has 0 bridgehead atoms. The van der Waals surface area contributed by atoms with Crippen molar-refractivity contribution < 1.29 is 13.5 Å². The molecule has 1 aromatic carbocycles. The van der Waals surface area contributed by atoms with Gasteiger partial charge in [-0.25, -0.2) is 13.1 Å². The van der Waals surface area contributed by atoms with Gasteiger partial charge in [-0.05, 0) is 51.5 Å². The lowest BCUT2D eigenvalue weighted by molar-refractivity contribution is 0.219. The minimum Gasteiger partial charge on any atom is -0.394 e. The van der Waals surface area contributed by atoms with Crippen molar-refractivity contribution in [1.82, 2.24) is 4.72 Å². The van der Waals surface area contributed by atoms with Crippen LogP contribution in [-0.4, -0.2) is 31.7 Å². The number of sulfonamides is 1. The van der Waals surface area contributed by atoms with Gasteiger partial charge in [0, 0.05) is 11.7 Å². The number of aliphatic hydroxyl groups excluding tert-OH is 1. The van der Waals surface area contributed by atoms with Crippen LogP contribution >= 0.6 is 0 Å². The Morgan fingerprint density at radius 3 is 2.20 bits per heavy atom. The minimum absolute atomic E-state index is 0.0124. The molecule has 0 aliphatic rings. The number of hydrogen-bond acceptors (Lipinski definition) is 4. The molecule has 114 valence electrons. The SMILES string of the molecule is CCC(C)(CO)Nc1ccc(S(=O)(=O)NC(C)C)cc1. The highest BCUT2D eigenvalue weighted by Crippen LogP contribution is 2.20. The predicted octanol–water partition coefficient (Wildman–Crippen LogP) is 1.95. The number of aliphatic hydroxyl groups is 1. The van der Waals surface area contributed by atoms with Gasteiger partial charge < -0.3 is 10.4 Å². The van der Waals surface area contributed by atoms with Crippen LogP contribution in [0.15, 0.2) is 29.2 Å². The Kier molecular flexibility index (Phi) is 5.56. The van der Waals surface area contributed by atoms with Crippen LogP contribution in [0, 0.1) is 0 Å². The monoisotopic (exact) mass is 300 g/mol. The number of nitrogens with one attached hydrogen (secondary N) is 2. The molecule has 5 nitrogen and oxygen atoms in total. The van der Waals surface area contributed by atoms with Crippen LogP contribution in [0.25, 0.3) is 0 Å². The minimum atomic E-state index is -3.46. The molecular weight excluding hydrogens is 276 g/mol. The molecule has 0 saturated heterocycles. The summed E-state index contributed by atoms with van der Waals surface area (Å²) in [5.74, 6) is 0. The average molecular weight is 300 g/mol. The summed E-state index contributed by atoms with van der Waals surface area (Å²) >= 11 is 0. The summed E-state index contributed by atoms with van der Waals surface area (Å²) in [5.41, 5.74) is 0.378. The lowest BCUT2D eigenvalue weighted by Crippen LogP contribution is -2.37. The Hall–Kier alpha value is -1.11. The first kappa shape index (κ1) is 16.9. The Balaban J connectivity index is 2.90. The molecule has 0 spiro atoms. The molecule has 0 radical (unpaired) electrons. The maximum Gasteiger partial charge on any atom is 0.240 e. The Morgan fingerprint density at radius 1 is 1.25 bits per heavy atom. The molecule has 0 fully saturated rings. The van der Waals surface area contributed by atoms with Crippen LogP contribution in [0.3, 0.4) is 0 Å². The van der Waals surface area contributed by atoms with E-state index >= 15 is 0 Å². The van der Waals surface area contributed by atoms with Crippen molar-refractivity contribution in [3.63, 3.8) is 0 Å². The van der Waals surface area contributed by atoms with Gasteiger partial charge in [0.15, 0.2) is 0 Å². The fourth-order valence-electron chi connectivity index (χ4n) is 1.68. The first-order valence-corrected chi connectivity index (χ1v) is 8.22. The fourth-order valence-corrected chi connectivity index (χ4v) is 2.94. The first-order chi connectivity index (χ1) is 9.22. The van der Waals surface area contributed by atoms with Crippen LogP contribution in [0.4, 0.5) is 5.69 Å². The van der Waals surface area contributed by atoms with Crippen molar-refractivity contribution >= 4 is 15.7 Å². The van der Waals surface area contributed by atoms with E-state index in [0.29, 0.717) is 0 Å². The van der Waals surface area contributed by atoms with Crippen LogP contribution < -0.4 is 10.0 Å². The van der Waals surface area contributed by atoms with Gasteiger partial charge in [-0.2, -0.15) is 0 Å². The third-order valence-corrected chi connectivity index (χ3v) is 4.81. The maximum absolute atomic E-state index is 12.0. The summed E-state index contributed by atoms with van der Waals surface area (Å²) in [4.78, 5) is 0.235. The van der Waals surface area contributed by atoms with Gasteiger partial charge in [-0.15, -0.1) is 0 Å². The molecule has 1 unspecified atom stereocenters. The molecule has 6 heteroatoms. The zero-order valence-corrected chi connectivity index (χ0v) is 13.3. The Labute approximate surface area is 121 Å². The lowest BCUT2D eigenvalue weighted by Gasteiger charge is -2.28. The van der Waals surface area contributed by atoms with Gasteiger partial charge in [-0.3, -0.25) is 0 Å². The second kappa shape index (κ2) is 6.56. The predicted molar refractivity (Wildman–Crippen MR) is 81.3 cm³/mol. The molecule has 3 N–H and O–H groups in total. The highest BCUT2D eigenvalue weighted by Gasteiger charge is 2.21. The second-order valence-corrected chi connectivity index (χ2v) is 7.21. The second-order valence-electron chi connectivity index (χ2n) is 5.50. The summed E-state index contributed by atoms with van der Waals surface area (Å²) in [5, 5.41) is 12.6. The third-order valence-electron chi connectivity index (χ3n) is 3.13. The third kappa shape index (κ3) is 4.47. The van der Waals surface area contributed by atoms with Crippen molar-refractivity contribution in [2.45, 2.75) is 50.6 Å². The fraction of sp³-hybridized carbons (Fsp3) is 0.571. The number of hydrogen-bond donors (Lipinski definition) is 3. The van der Waals surface area contributed by atoms with Crippen LogP contribution in [-0.2, 0) is 10.0 Å². The van der Waals surface area contributed by atoms with Crippen LogP contribution in [0.5, 0.6) is 0 Å². The lowest BCUT2D eigenvalue weighted by atomic mass is 10.00. The molecule has 1 rings (SSSR count). The van der Waals surface area contributed by atoms with Gasteiger partial charge in [-0.1, -0.05) is 6.92 Å². The van der Waals surface area contributed by atoms with E-state index in [9.17, 15) is 13.5 Å².